The summed E-state index contributed by atoms with van der Waals surface area (Å²) in [7, 11) is 0. The molecule has 1 aliphatic rings. The highest BCUT2D eigenvalue weighted by Gasteiger charge is 2.16. The fraction of sp³-hybridized carbons (Fsp3) is 0.200. The molecule has 0 spiro atoms. The van der Waals surface area contributed by atoms with Crippen LogP contribution in [0.4, 0.5) is 5.69 Å². The van der Waals surface area contributed by atoms with Gasteiger partial charge >= 0.3 is 0 Å². The highest BCUT2D eigenvalue weighted by atomic mass is 16.1. The zero-order valence-electron chi connectivity index (χ0n) is 7.87. The van der Waals surface area contributed by atoms with Gasteiger partial charge in [-0.15, -0.1) is 0 Å². The van der Waals surface area contributed by atoms with Crippen molar-refractivity contribution in [2.75, 3.05) is 5.73 Å². The monoisotopic (exact) mass is 189 g/mol. The quantitative estimate of drug-likeness (QED) is 0.589. The van der Waals surface area contributed by atoms with Crippen LogP contribution in [-0.4, -0.2) is 11.7 Å². The van der Waals surface area contributed by atoms with E-state index in [-0.39, 0.29) is 5.91 Å². The number of nitrogens with two attached hydrogens (primary N) is 1. The fourth-order valence-electron chi connectivity index (χ4n) is 1.48. The lowest BCUT2D eigenvalue weighted by Gasteiger charge is -2.04. The summed E-state index contributed by atoms with van der Waals surface area (Å²) in [5.41, 5.74) is 8.37. The van der Waals surface area contributed by atoms with Crippen molar-refractivity contribution in [2.24, 2.45) is 4.99 Å². The summed E-state index contributed by atoms with van der Waals surface area (Å²) >= 11 is 0. The molecule has 1 aromatic rings. The highest BCUT2D eigenvalue weighted by molar-refractivity contribution is 6.10. The van der Waals surface area contributed by atoms with Gasteiger partial charge in [-0.25, -0.2) is 0 Å². The molecule has 14 heavy (non-hydrogen) atoms. The number of benzene rings is 1. The summed E-state index contributed by atoms with van der Waals surface area (Å²) in [4.78, 5) is 15.1. The lowest BCUT2D eigenvalue weighted by atomic mass is 10.1. The second-order valence-corrected chi connectivity index (χ2v) is 3.26. The van der Waals surface area contributed by atoms with Crippen LogP contribution in [0.1, 0.15) is 18.1 Å². The van der Waals surface area contributed by atoms with Crippen LogP contribution in [0.5, 0.6) is 0 Å². The summed E-state index contributed by atoms with van der Waals surface area (Å²) in [6.45, 7) is 2.08. The third kappa shape index (κ3) is 1.46. The Balaban J connectivity index is 2.35. The van der Waals surface area contributed by atoms with Crippen molar-refractivity contribution in [3.63, 3.8) is 0 Å². The molecule has 0 atom stereocenters. The molecule has 0 saturated heterocycles. The molecule has 0 bridgehead atoms. The second kappa shape index (κ2) is 3.14. The maximum Gasteiger partial charge on any atom is 0.222 e. The predicted octanol–water partition coefficient (Wildman–Crippen LogP) is 0.665. The van der Waals surface area contributed by atoms with E-state index in [9.17, 15) is 4.79 Å². The molecule has 0 radical (unpaired) electrons. The zero-order chi connectivity index (χ0) is 10.1. The minimum atomic E-state index is -0.112. The van der Waals surface area contributed by atoms with Crippen molar-refractivity contribution in [3.8, 4) is 0 Å². The molecule has 72 valence electrons. The minimum absolute atomic E-state index is 0.112. The van der Waals surface area contributed by atoms with Gasteiger partial charge in [0.2, 0.25) is 5.91 Å². The van der Waals surface area contributed by atoms with Gasteiger partial charge in [0.25, 0.3) is 0 Å². The Hall–Kier alpha value is -1.84. The fourth-order valence-corrected chi connectivity index (χ4v) is 1.48. The van der Waals surface area contributed by atoms with E-state index in [1.54, 1.807) is 0 Å². The Morgan fingerprint density at radius 3 is 3.07 bits per heavy atom. The van der Waals surface area contributed by atoms with Gasteiger partial charge in [0, 0.05) is 18.2 Å². The molecule has 0 saturated carbocycles. The third-order valence-electron chi connectivity index (χ3n) is 2.09. The molecule has 1 aliphatic heterocycles. The van der Waals surface area contributed by atoms with Gasteiger partial charge in [-0.3, -0.25) is 9.79 Å². The number of aliphatic imine (C=N–C) groups is 1. The first kappa shape index (κ1) is 8.74. The van der Waals surface area contributed by atoms with Crippen LogP contribution in [-0.2, 0) is 11.3 Å². The summed E-state index contributed by atoms with van der Waals surface area (Å²) in [6.07, 6.45) is 0. The molecule has 0 fully saturated rings. The molecule has 0 unspecified atom stereocenters. The number of carbonyl (C=O) groups is 1. The largest absolute Gasteiger partial charge is 0.399 e. The molecular weight excluding hydrogens is 178 g/mol. The maximum atomic E-state index is 10.9. The number of hydrogen-bond acceptors (Lipinski definition) is 3. The molecule has 0 aliphatic carbocycles. The van der Waals surface area contributed by atoms with Crippen molar-refractivity contribution in [1.29, 1.82) is 0 Å². The minimum Gasteiger partial charge on any atom is -0.399 e. The lowest BCUT2D eigenvalue weighted by Crippen LogP contribution is -2.27. The van der Waals surface area contributed by atoms with E-state index in [1.807, 2.05) is 18.2 Å². The van der Waals surface area contributed by atoms with Crippen LogP contribution in [0.25, 0.3) is 0 Å². The molecule has 1 heterocycles. The van der Waals surface area contributed by atoms with Gasteiger partial charge in [-0.05, 0) is 17.7 Å². The number of fused-ring (bicyclic) bond motifs is 1. The average Bonchev–Trinajstić information content (AvgIpc) is 2.47. The van der Waals surface area contributed by atoms with Crippen LogP contribution >= 0.6 is 0 Å². The van der Waals surface area contributed by atoms with Crippen LogP contribution in [0.15, 0.2) is 23.2 Å². The SMILES string of the molecule is CC(=O)NC1=NCc2ccc(N)cc21. The lowest BCUT2D eigenvalue weighted by molar-refractivity contribution is -0.117. The Bertz CT molecular complexity index is 423. The van der Waals surface area contributed by atoms with E-state index in [4.69, 9.17) is 5.73 Å². The van der Waals surface area contributed by atoms with E-state index in [1.165, 1.54) is 6.92 Å². The number of hydrogen-bond donors (Lipinski definition) is 2. The molecule has 4 nitrogen and oxygen atoms in total. The first-order valence-electron chi connectivity index (χ1n) is 4.37. The van der Waals surface area contributed by atoms with Crippen molar-refractivity contribution < 1.29 is 4.79 Å². The number of nitrogen functional groups attached to an aromatic ring is 1. The molecule has 1 aromatic carbocycles. The molecule has 2 rings (SSSR count). The number of carbonyl (C=O) groups excluding carboxylic acids is 1. The van der Waals surface area contributed by atoms with Crippen molar-refractivity contribution >= 4 is 17.4 Å². The van der Waals surface area contributed by atoms with E-state index in [2.05, 4.69) is 10.3 Å². The molecule has 1 amide bonds. The third-order valence-corrected chi connectivity index (χ3v) is 2.09. The highest BCUT2D eigenvalue weighted by Crippen LogP contribution is 2.20. The number of rotatable bonds is 0. The van der Waals surface area contributed by atoms with Crippen LogP contribution < -0.4 is 11.1 Å². The van der Waals surface area contributed by atoms with Crippen LogP contribution in [0.2, 0.25) is 0 Å². The van der Waals surface area contributed by atoms with E-state index in [0.717, 1.165) is 11.1 Å². The normalized spacial score (nSPS) is 13.4. The standard InChI is InChI=1S/C10H11N3O/c1-6(14)13-10-9-4-8(11)3-2-7(9)5-12-10/h2-4H,5,11H2,1H3,(H,12,13,14). The Kier molecular flexibility index (Phi) is 1.96. The average molecular weight is 189 g/mol. The Labute approximate surface area is 81.8 Å². The van der Waals surface area contributed by atoms with Gasteiger partial charge in [0.1, 0.15) is 5.84 Å². The number of nitrogens with zero attached hydrogens (tertiary/aromatic N) is 1. The summed E-state index contributed by atoms with van der Waals surface area (Å²) in [5.74, 6) is 0.513. The number of anilines is 1. The molecule has 4 heteroatoms. The number of nitrogens with one attached hydrogen (secondary N) is 1. The summed E-state index contributed by atoms with van der Waals surface area (Å²) in [5, 5.41) is 2.68. The number of amidine groups is 1. The van der Waals surface area contributed by atoms with Gasteiger partial charge < -0.3 is 11.1 Å². The van der Waals surface area contributed by atoms with Gasteiger partial charge in [0.05, 0.1) is 6.54 Å². The smallest absolute Gasteiger partial charge is 0.222 e. The molecule has 3 N–H and O–H groups in total. The van der Waals surface area contributed by atoms with Crippen molar-refractivity contribution in [1.82, 2.24) is 5.32 Å². The van der Waals surface area contributed by atoms with Crippen molar-refractivity contribution in [3.05, 3.63) is 29.3 Å². The Morgan fingerprint density at radius 1 is 1.57 bits per heavy atom. The van der Waals surface area contributed by atoms with Crippen molar-refractivity contribution in [2.45, 2.75) is 13.5 Å². The topological polar surface area (TPSA) is 67.5 Å². The van der Waals surface area contributed by atoms with Gasteiger partial charge in [-0.2, -0.15) is 0 Å². The second-order valence-electron chi connectivity index (χ2n) is 3.26. The van der Waals surface area contributed by atoms with E-state index >= 15 is 0 Å². The summed E-state index contributed by atoms with van der Waals surface area (Å²) in [6, 6.07) is 5.60. The molecule has 0 aromatic heterocycles. The first-order chi connectivity index (χ1) is 6.66. The van der Waals surface area contributed by atoms with E-state index in [0.29, 0.717) is 18.1 Å². The van der Waals surface area contributed by atoms with Crippen LogP contribution in [0.3, 0.4) is 0 Å². The van der Waals surface area contributed by atoms with Crippen LogP contribution in [0, 0.1) is 0 Å². The zero-order valence-corrected chi connectivity index (χ0v) is 7.87. The molecular formula is C10H11N3O. The van der Waals surface area contributed by atoms with E-state index < -0.39 is 0 Å². The summed E-state index contributed by atoms with van der Waals surface area (Å²) < 4.78 is 0. The maximum absolute atomic E-state index is 10.9. The van der Waals surface area contributed by atoms with Gasteiger partial charge in [0.15, 0.2) is 0 Å². The number of amides is 1. The van der Waals surface area contributed by atoms with Gasteiger partial charge in [-0.1, -0.05) is 6.07 Å². The predicted molar refractivity (Wildman–Crippen MR) is 54.9 cm³/mol. The Morgan fingerprint density at radius 2 is 2.36 bits per heavy atom. The first-order valence-corrected chi connectivity index (χ1v) is 4.37.